The lowest BCUT2D eigenvalue weighted by atomic mass is 9.83. The molecule has 2 aliphatic rings. The van der Waals surface area contributed by atoms with Gasteiger partial charge in [-0.3, -0.25) is 4.79 Å². The van der Waals surface area contributed by atoms with E-state index in [0.29, 0.717) is 11.8 Å². The minimum Gasteiger partial charge on any atom is -0.312 e. The molecule has 1 aromatic heterocycles. The summed E-state index contributed by atoms with van der Waals surface area (Å²) in [4.78, 5) is 14.8. The molecule has 1 aromatic rings. The van der Waals surface area contributed by atoms with Gasteiger partial charge in [-0.1, -0.05) is 70.8 Å². The molecular formula is C23H38N2O. The van der Waals surface area contributed by atoms with Crippen LogP contribution in [-0.4, -0.2) is 29.1 Å². The highest BCUT2D eigenvalue weighted by atomic mass is 16.1. The number of likely N-dealkylation sites (tertiary alicyclic amines) is 1. The van der Waals surface area contributed by atoms with Gasteiger partial charge in [-0.15, -0.1) is 0 Å². The quantitative estimate of drug-likeness (QED) is 0.509. The molecule has 2 atom stereocenters. The fourth-order valence-electron chi connectivity index (χ4n) is 5.00. The topological polar surface area (TPSA) is 25.2 Å². The number of hydrogen-bond donors (Lipinski definition) is 0. The molecule has 0 aliphatic carbocycles. The molecule has 1 fully saturated rings. The Balaban J connectivity index is 1.31. The van der Waals surface area contributed by atoms with Gasteiger partial charge in [-0.25, -0.2) is 0 Å². The summed E-state index contributed by atoms with van der Waals surface area (Å²) < 4.78 is 2.04. The summed E-state index contributed by atoms with van der Waals surface area (Å²) in [6.45, 7) is 6.81. The number of aromatic nitrogens is 1. The molecule has 0 unspecified atom stereocenters. The van der Waals surface area contributed by atoms with Crippen molar-refractivity contribution in [2.24, 2.45) is 5.92 Å². The molecule has 146 valence electrons. The van der Waals surface area contributed by atoms with Crippen molar-refractivity contribution in [1.29, 1.82) is 0 Å². The fraction of sp³-hybridized carbons (Fsp3) is 0.783. The van der Waals surface area contributed by atoms with Gasteiger partial charge in [-0.05, 0) is 31.4 Å². The Kier molecular flexibility index (Phi) is 7.79. The third-order valence-electron chi connectivity index (χ3n) is 6.38. The predicted molar refractivity (Wildman–Crippen MR) is 110 cm³/mol. The van der Waals surface area contributed by atoms with E-state index in [4.69, 9.17) is 0 Å². The summed E-state index contributed by atoms with van der Waals surface area (Å²) in [6.07, 6.45) is 15.3. The summed E-state index contributed by atoms with van der Waals surface area (Å²) in [5.74, 6) is 1.24. The first-order chi connectivity index (χ1) is 12.8. The number of fused-ring (bicyclic) bond motifs is 4. The van der Waals surface area contributed by atoms with Crippen molar-refractivity contribution >= 4 is 0 Å². The van der Waals surface area contributed by atoms with E-state index < -0.39 is 0 Å². The summed E-state index contributed by atoms with van der Waals surface area (Å²) >= 11 is 0. The Morgan fingerprint density at radius 3 is 2.31 bits per heavy atom. The van der Waals surface area contributed by atoms with Gasteiger partial charge in [0.1, 0.15) is 0 Å². The minimum absolute atomic E-state index is 0.195. The van der Waals surface area contributed by atoms with Crippen molar-refractivity contribution in [1.82, 2.24) is 9.47 Å². The fourth-order valence-corrected chi connectivity index (χ4v) is 5.00. The molecule has 1 saturated heterocycles. The third-order valence-corrected chi connectivity index (χ3v) is 6.38. The summed E-state index contributed by atoms with van der Waals surface area (Å²) in [5, 5.41) is 0. The maximum Gasteiger partial charge on any atom is 0.250 e. The van der Waals surface area contributed by atoms with Crippen molar-refractivity contribution in [2.45, 2.75) is 90.0 Å². The highest BCUT2D eigenvalue weighted by molar-refractivity contribution is 5.16. The molecule has 0 saturated carbocycles. The molecule has 2 bridgehead atoms. The Morgan fingerprint density at radius 1 is 0.885 bits per heavy atom. The monoisotopic (exact) mass is 358 g/mol. The molecule has 26 heavy (non-hydrogen) atoms. The van der Waals surface area contributed by atoms with Gasteiger partial charge in [0.25, 0.3) is 5.56 Å². The van der Waals surface area contributed by atoms with Gasteiger partial charge in [0.2, 0.25) is 0 Å². The maximum atomic E-state index is 12.1. The second-order valence-corrected chi connectivity index (χ2v) is 8.64. The van der Waals surface area contributed by atoms with Gasteiger partial charge in [-0.2, -0.15) is 0 Å². The van der Waals surface area contributed by atoms with Gasteiger partial charge >= 0.3 is 0 Å². The average Bonchev–Trinajstić information content (AvgIpc) is 2.64. The number of hydrogen-bond acceptors (Lipinski definition) is 2. The molecule has 0 N–H and O–H groups in total. The molecule has 0 spiro atoms. The summed E-state index contributed by atoms with van der Waals surface area (Å²) in [7, 11) is 0. The smallest absolute Gasteiger partial charge is 0.250 e. The zero-order valence-corrected chi connectivity index (χ0v) is 16.8. The zero-order chi connectivity index (χ0) is 18.2. The maximum absolute atomic E-state index is 12.1. The molecule has 2 aliphatic heterocycles. The summed E-state index contributed by atoms with van der Waals surface area (Å²) in [6, 6.07) is 5.83. The van der Waals surface area contributed by atoms with Crippen LogP contribution in [0.2, 0.25) is 0 Å². The second-order valence-electron chi connectivity index (χ2n) is 8.64. The van der Waals surface area contributed by atoms with Crippen LogP contribution < -0.4 is 5.56 Å². The minimum atomic E-state index is 0.195. The Labute approximate surface area is 159 Å². The van der Waals surface area contributed by atoms with E-state index in [1.807, 2.05) is 10.6 Å². The lowest BCUT2D eigenvalue weighted by molar-refractivity contribution is 0.118. The molecule has 0 amide bonds. The van der Waals surface area contributed by atoms with Crippen LogP contribution in [0.25, 0.3) is 0 Å². The lowest BCUT2D eigenvalue weighted by Gasteiger charge is -2.42. The standard InChI is InChI=1S/C23H38N2O/c1-2-3-4-5-6-7-8-9-10-11-15-24-17-20-16-21(19-24)22-13-12-14-23(26)25(22)18-20/h12-14,20-21H,2-11,15-19H2,1H3/t20-,21+/m0/s1. The van der Waals surface area contributed by atoms with Crippen molar-refractivity contribution in [3.05, 3.63) is 34.2 Å². The van der Waals surface area contributed by atoms with E-state index in [1.54, 1.807) is 6.07 Å². The Morgan fingerprint density at radius 2 is 1.58 bits per heavy atom. The van der Waals surface area contributed by atoms with Crippen molar-refractivity contribution in [2.75, 3.05) is 19.6 Å². The van der Waals surface area contributed by atoms with E-state index in [0.717, 1.165) is 13.1 Å². The van der Waals surface area contributed by atoms with Gasteiger partial charge in [0.05, 0.1) is 0 Å². The zero-order valence-electron chi connectivity index (χ0n) is 16.8. The van der Waals surface area contributed by atoms with E-state index in [2.05, 4.69) is 17.9 Å². The summed E-state index contributed by atoms with van der Waals surface area (Å²) in [5.41, 5.74) is 1.47. The molecule has 3 rings (SSSR count). The van der Waals surface area contributed by atoms with E-state index in [-0.39, 0.29) is 5.56 Å². The van der Waals surface area contributed by atoms with Gasteiger partial charge < -0.3 is 9.47 Å². The molecule has 3 heterocycles. The first kappa shape index (κ1) is 19.7. The Hall–Kier alpha value is -1.09. The lowest BCUT2D eigenvalue weighted by Crippen LogP contribution is -2.47. The molecule has 3 nitrogen and oxygen atoms in total. The van der Waals surface area contributed by atoms with Crippen LogP contribution in [0.3, 0.4) is 0 Å². The van der Waals surface area contributed by atoms with E-state index in [1.165, 1.54) is 89.4 Å². The van der Waals surface area contributed by atoms with Gasteiger partial charge in [0, 0.05) is 37.3 Å². The van der Waals surface area contributed by atoms with Crippen LogP contribution in [0.5, 0.6) is 0 Å². The van der Waals surface area contributed by atoms with Crippen molar-refractivity contribution in [3.8, 4) is 0 Å². The highest BCUT2D eigenvalue weighted by Gasteiger charge is 2.33. The second kappa shape index (κ2) is 10.3. The first-order valence-corrected chi connectivity index (χ1v) is 11.2. The van der Waals surface area contributed by atoms with Crippen LogP contribution in [-0.2, 0) is 6.54 Å². The molecule has 0 aromatic carbocycles. The van der Waals surface area contributed by atoms with Crippen LogP contribution in [0, 0.1) is 5.92 Å². The van der Waals surface area contributed by atoms with Crippen molar-refractivity contribution < 1.29 is 0 Å². The van der Waals surface area contributed by atoms with Crippen molar-refractivity contribution in [3.63, 3.8) is 0 Å². The first-order valence-electron chi connectivity index (χ1n) is 11.2. The average molecular weight is 359 g/mol. The number of nitrogens with zero attached hydrogens (tertiary/aromatic N) is 2. The SMILES string of the molecule is CCCCCCCCCCCCN1C[C@@H]2C[C@H](C1)c1cccc(=O)n1C2. The number of rotatable bonds is 11. The normalized spacial score (nSPS) is 22.3. The van der Waals surface area contributed by atoms with Crippen LogP contribution in [0.15, 0.2) is 23.0 Å². The van der Waals surface area contributed by atoms with Crippen LogP contribution in [0.4, 0.5) is 0 Å². The van der Waals surface area contributed by atoms with E-state index >= 15 is 0 Å². The molecule has 3 heteroatoms. The largest absolute Gasteiger partial charge is 0.312 e. The number of pyridine rings is 1. The number of unbranched alkanes of at least 4 members (excludes halogenated alkanes) is 9. The predicted octanol–water partition coefficient (Wildman–Crippen LogP) is 5.19. The van der Waals surface area contributed by atoms with Gasteiger partial charge in [0.15, 0.2) is 0 Å². The van der Waals surface area contributed by atoms with Crippen LogP contribution >= 0.6 is 0 Å². The highest BCUT2D eigenvalue weighted by Crippen LogP contribution is 2.34. The van der Waals surface area contributed by atoms with Crippen LogP contribution in [0.1, 0.15) is 89.2 Å². The molecular weight excluding hydrogens is 320 g/mol. The van der Waals surface area contributed by atoms with E-state index in [9.17, 15) is 4.79 Å². The Bertz CT molecular complexity index is 594. The third kappa shape index (κ3) is 5.45. The molecule has 0 radical (unpaired) electrons. The number of piperidine rings is 1.